The number of rotatable bonds is 8. The van der Waals surface area contributed by atoms with Crippen LogP contribution in [0, 0.1) is 5.41 Å². The lowest BCUT2D eigenvalue weighted by atomic mass is 10.00. The Morgan fingerprint density at radius 3 is 2.02 bits per heavy atom. The van der Waals surface area contributed by atoms with Crippen LogP contribution in [0.4, 0.5) is 11.4 Å². The van der Waals surface area contributed by atoms with E-state index in [1.165, 1.54) is 16.4 Å². The molecule has 0 unspecified atom stereocenters. The molecular weight excluding hydrogens is 601 g/mol. The summed E-state index contributed by atoms with van der Waals surface area (Å²) in [5, 5.41) is 7.48. The molecule has 0 atom stereocenters. The first kappa shape index (κ1) is 32.4. The second-order valence-electron chi connectivity index (χ2n) is 10.1. The number of carbonyl (C=O) groups excluding carboxylic acids is 1. The number of nitrogens with two attached hydrogens (primary N) is 1. The molecule has 10 nitrogen and oxygen atoms in total. The van der Waals surface area contributed by atoms with Gasteiger partial charge in [-0.1, -0.05) is 60.7 Å². The molecule has 0 bridgehead atoms. The van der Waals surface area contributed by atoms with E-state index in [1.54, 1.807) is 78.7 Å². The van der Waals surface area contributed by atoms with Crippen molar-refractivity contribution in [2.24, 2.45) is 5.73 Å². The molecule has 4 N–H and O–H groups in total. The SMILES string of the molecule is CN(c1ccc2c(c1)CCCN2C(=O)CCc1ccc(C(=N)N)cc1)S(=O)(=O)c1ccccc1.O=S(=O)(O)c1ccccc1. The number of sulfonamides is 1. The highest BCUT2D eigenvalue weighted by molar-refractivity contribution is 7.92. The molecule has 230 valence electrons. The van der Waals surface area contributed by atoms with Crippen LogP contribution in [0.25, 0.3) is 0 Å². The Bertz CT molecular complexity index is 1830. The Balaban J connectivity index is 0.000000375. The Morgan fingerprint density at radius 1 is 0.886 bits per heavy atom. The monoisotopic (exact) mass is 634 g/mol. The highest BCUT2D eigenvalue weighted by Gasteiger charge is 2.26. The Labute approximate surface area is 258 Å². The molecule has 12 heteroatoms. The fraction of sp³-hybridized carbons (Fsp3) is 0.188. The summed E-state index contributed by atoms with van der Waals surface area (Å²) in [6, 6.07) is 28.6. The molecular formula is C32H34N4O6S2. The van der Waals surface area contributed by atoms with Gasteiger partial charge in [0.25, 0.3) is 20.1 Å². The minimum absolute atomic E-state index is 0.0223. The summed E-state index contributed by atoms with van der Waals surface area (Å²) < 4.78 is 56.5. The molecule has 4 aromatic rings. The van der Waals surface area contributed by atoms with Crippen LogP contribution in [0.5, 0.6) is 0 Å². The average Bonchev–Trinajstić information content (AvgIpc) is 3.03. The summed E-state index contributed by atoms with van der Waals surface area (Å²) in [4.78, 5) is 15.0. The van der Waals surface area contributed by atoms with Crippen molar-refractivity contribution in [3.63, 3.8) is 0 Å². The van der Waals surface area contributed by atoms with Gasteiger partial charge in [0.1, 0.15) is 5.84 Å². The van der Waals surface area contributed by atoms with E-state index >= 15 is 0 Å². The van der Waals surface area contributed by atoms with Crippen LogP contribution in [0.2, 0.25) is 0 Å². The number of aryl methyl sites for hydroxylation is 2. The number of anilines is 2. The van der Waals surface area contributed by atoms with E-state index in [4.69, 9.17) is 15.7 Å². The fourth-order valence-electron chi connectivity index (χ4n) is 4.76. The van der Waals surface area contributed by atoms with Crippen LogP contribution in [-0.2, 0) is 37.8 Å². The van der Waals surface area contributed by atoms with Crippen molar-refractivity contribution in [3.05, 3.63) is 120 Å². The summed E-state index contributed by atoms with van der Waals surface area (Å²) in [6.45, 7) is 0.645. The molecule has 0 aliphatic carbocycles. The van der Waals surface area contributed by atoms with E-state index in [2.05, 4.69) is 0 Å². The Kier molecular flexibility index (Phi) is 10.2. The lowest BCUT2D eigenvalue weighted by Gasteiger charge is -2.31. The maximum atomic E-state index is 13.0. The Morgan fingerprint density at radius 2 is 1.48 bits per heavy atom. The quantitative estimate of drug-likeness (QED) is 0.144. The first-order valence-electron chi connectivity index (χ1n) is 13.8. The number of amides is 1. The molecule has 0 fully saturated rings. The maximum absolute atomic E-state index is 13.0. The zero-order chi connectivity index (χ0) is 31.9. The summed E-state index contributed by atoms with van der Waals surface area (Å²) in [5.74, 6) is 0.0590. The second-order valence-corrected chi connectivity index (χ2v) is 13.5. The van der Waals surface area contributed by atoms with Crippen LogP contribution < -0.4 is 14.9 Å². The van der Waals surface area contributed by atoms with Crippen LogP contribution in [0.1, 0.15) is 29.5 Å². The zero-order valence-corrected chi connectivity index (χ0v) is 25.8. The van der Waals surface area contributed by atoms with Gasteiger partial charge in [0.15, 0.2) is 0 Å². The third kappa shape index (κ3) is 7.90. The third-order valence-corrected chi connectivity index (χ3v) is 9.85. The van der Waals surface area contributed by atoms with Gasteiger partial charge in [-0.2, -0.15) is 8.42 Å². The number of nitrogen functional groups attached to an aromatic ring is 1. The van der Waals surface area contributed by atoms with Crippen LogP contribution >= 0.6 is 0 Å². The molecule has 0 saturated carbocycles. The summed E-state index contributed by atoms with van der Waals surface area (Å²) >= 11 is 0. The number of benzene rings is 4. The number of nitrogens with zero attached hydrogens (tertiary/aromatic N) is 2. The minimum Gasteiger partial charge on any atom is -0.384 e. The molecule has 5 rings (SSSR count). The van der Waals surface area contributed by atoms with Gasteiger partial charge in [0.05, 0.1) is 15.5 Å². The normalized spacial score (nSPS) is 12.8. The van der Waals surface area contributed by atoms with Crippen molar-refractivity contribution < 1.29 is 26.2 Å². The van der Waals surface area contributed by atoms with E-state index < -0.39 is 20.1 Å². The summed E-state index contributed by atoms with van der Waals surface area (Å²) in [7, 11) is -6.12. The van der Waals surface area contributed by atoms with Crippen molar-refractivity contribution in [2.45, 2.75) is 35.5 Å². The number of carbonyl (C=O) groups is 1. The van der Waals surface area contributed by atoms with Gasteiger partial charge in [-0.3, -0.25) is 19.1 Å². The number of hydrogen-bond acceptors (Lipinski definition) is 6. The van der Waals surface area contributed by atoms with E-state index in [-0.39, 0.29) is 21.5 Å². The van der Waals surface area contributed by atoms with E-state index in [0.717, 1.165) is 29.7 Å². The predicted molar refractivity (Wildman–Crippen MR) is 171 cm³/mol. The van der Waals surface area contributed by atoms with Crippen molar-refractivity contribution in [2.75, 3.05) is 22.8 Å². The first-order chi connectivity index (χ1) is 20.9. The van der Waals surface area contributed by atoms with Crippen molar-refractivity contribution in [1.82, 2.24) is 0 Å². The first-order valence-corrected chi connectivity index (χ1v) is 16.7. The highest BCUT2D eigenvalue weighted by Crippen LogP contribution is 2.33. The van der Waals surface area contributed by atoms with Gasteiger partial charge in [-0.15, -0.1) is 0 Å². The largest absolute Gasteiger partial charge is 0.384 e. The molecule has 1 aliphatic rings. The molecule has 44 heavy (non-hydrogen) atoms. The van der Waals surface area contributed by atoms with Crippen molar-refractivity contribution in [1.29, 1.82) is 5.41 Å². The lowest BCUT2D eigenvalue weighted by Crippen LogP contribution is -2.36. The summed E-state index contributed by atoms with van der Waals surface area (Å²) in [5.41, 5.74) is 9.56. The van der Waals surface area contributed by atoms with E-state index in [9.17, 15) is 21.6 Å². The third-order valence-electron chi connectivity index (χ3n) is 7.18. The molecule has 0 aromatic heterocycles. The van der Waals surface area contributed by atoms with Gasteiger partial charge in [-0.05, 0) is 72.9 Å². The Hall–Kier alpha value is -4.52. The van der Waals surface area contributed by atoms with Crippen LogP contribution in [-0.4, -0.2) is 46.7 Å². The lowest BCUT2D eigenvalue weighted by molar-refractivity contribution is -0.118. The number of nitrogens with one attached hydrogen (secondary N) is 1. The average molecular weight is 635 g/mol. The molecule has 4 aromatic carbocycles. The molecule has 0 radical (unpaired) electrons. The van der Waals surface area contributed by atoms with Crippen molar-refractivity contribution in [3.8, 4) is 0 Å². The zero-order valence-electron chi connectivity index (χ0n) is 24.1. The van der Waals surface area contributed by atoms with Crippen molar-refractivity contribution >= 4 is 43.3 Å². The van der Waals surface area contributed by atoms with Crippen LogP contribution in [0.3, 0.4) is 0 Å². The topological polar surface area (TPSA) is 162 Å². The minimum atomic E-state index is -4.00. The number of hydrogen-bond donors (Lipinski definition) is 3. The molecule has 1 aliphatic heterocycles. The van der Waals surface area contributed by atoms with Gasteiger partial charge in [-0.25, -0.2) is 8.42 Å². The number of amidine groups is 1. The number of fused-ring (bicyclic) bond motifs is 1. The maximum Gasteiger partial charge on any atom is 0.294 e. The van der Waals surface area contributed by atoms with Gasteiger partial charge >= 0.3 is 0 Å². The molecule has 0 saturated heterocycles. The molecule has 0 spiro atoms. The van der Waals surface area contributed by atoms with Crippen LogP contribution in [0.15, 0.2) is 113 Å². The van der Waals surface area contributed by atoms with E-state index in [0.29, 0.717) is 30.6 Å². The fourth-order valence-corrected chi connectivity index (χ4v) is 6.47. The molecule has 1 heterocycles. The van der Waals surface area contributed by atoms with Gasteiger partial charge in [0, 0.05) is 31.3 Å². The van der Waals surface area contributed by atoms with E-state index in [1.807, 2.05) is 24.3 Å². The summed E-state index contributed by atoms with van der Waals surface area (Å²) in [6.07, 6.45) is 2.57. The van der Waals surface area contributed by atoms with Gasteiger partial charge < -0.3 is 10.6 Å². The standard InChI is InChI=1S/C26H28N4O3S.C6H6O3S/c1-29(34(32,33)23-7-3-2-4-8-23)22-14-15-24-21(18-22)6-5-17-30(24)25(31)16-11-19-9-12-20(13-10-19)26(27)28;7-10(8,9)6-4-2-1-3-5-6/h2-4,7-10,12-15,18H,5-6,11,16-17H2,1H3,(H3,27,28);1-5H,(H,7,8,9). The molecule has 1 amide bonds. The highest BCUT2D eigenvalue weighted by atomic mass is 32.2. The predicted octanol–water partition coefficient (Wildman–Crippen LogP) is 4.64. The smallest absolute Gasteiger partial charge is 0.294 e. The van der Waals surface area contributed by atoms with Gasteiger partial charge in [0.2, 0.25) is 5.91 Å². The second kappa shape index (κ2) is 13.8.